The van der Waals surface area contributed by atoms with Crippen molar-refractivity contribution in [2.75, 3.05) is 0 Å². The highest BCUT2D eigenvalue weighted by Crippen LogP contribution is 2.15. The van der Waals surface area contributed by atoms with Gasteiger partial charge in [-0.25, -0.2) is 4.98 Å². The molecule has 0 aliphatic carbocycles. The van der Waals surface area contributed by atoms with Gasteiger partial charge in [-0.15, -0.1) is 6.58 Å². The molecule has 3 aromatic rings. The Balaban J connectivity index is 1.55. The first kappa shape index (κ1) is 18.4. The van der Waals surface area contributed by atoms with Crippen LogP contribution in [0.2, 0.25) is 0 Å². The molecule has 1 aromatic carbocycles. The number of amides is 1. The third-order valence-corrected chi connectivity index (χ3v) is 5.27. The predicted octanol–water partition coefficient (Wildman–Crippen LogP) is 2.71. The van der Waals surface area contributed by atoms with Crippen molar-refractivity contribution in [1.29, 1.82) is 0 Å². The fourth-order valence-corrected chi connectivity index (χ4v) is 3.79. The first-order valence-electron chi connectivity index (χ1n) is 9.27. The zero-order valence-corrected chi connectivity index (χ0v) is 16.2. The number of fused-ring (bicyclic) bond motifs is 2. The van der Waals surface area contributed by atoms with Crippen LogP contribution in [0.15, 0.2) is 41.8 Å². The zero-order chi connectivity index (χ0) is 19.7. The number of rotatable bonds is 5. The molecule has 4 rings (SSSR count). The topological polar surface area (TPSA) is 84.7 Å². The Kier molecular flexibility index (Phi) is 4.95. The Morgan fingerprint density at radius 2 is 2.25 bits per heavy atom. The molecule has 1 amide bonds. The van der Waals surface area contributed by atoms with Gasteiger partial charge in [0.2, 0.25) is 0 Å². The van der Waals surface area contributed by atoms with Gasteiger partial charge in [0.15, 0.2) is 4.77 Å². The van der Waals surface area contributed by atoms with Crippen LogP contribution < -0.4 is 10.9 Å². The maximum atomic E-state index is 12.6. The molecule has 8 heteroatoms. The number of H-pyrrole nitrogens is 1. The second-order valence-electron chi connectivity index (χ2n) is 6.88. The number of aryl methyl sites for hydroxylation is 2. The van der Waals surface area contributed by atoms with Crippen LogP contribution in [0.1, 0.15) is 34.7 Å². The number of allylic oxidation sites excluding steroid dienone is 1. The molecule has 3 heterocycles. The van der Waals surface area contributed by atoms with Crippen LogP contribution in [0.3, 0.4) is 0 Å². The lowest BCUT2D eigenvalue weighted by Crippen LogP contribution is -2.24. The van der Waals surface area contributed by atoms with Gasteiger partial charge in [-0.1, -0.05) is 6.08 Å². The molecule has 7 nitrogen and oxygen atoms in total. The molecule has 1 aliphatic rings. The minimum atomic E-state index is -0.220. The average Bonchev–Trinajstić information content (AvgIpc) is 3.12. The SMILES string of the molecule is C=CCn1c(=S)[nH]c2cc(C(=O)NCc3cn4c(n3)CCCC4)ccc2c1=O. The van der Waals surface area contributed by atoms with Crippen molar-refractivity contribution in [2.24, 2.45) is 0 Å². The first-order valence-corrected chi connectivity index (χ1v) is 9.68. The number of hydrogen-bond acceptors (Lipinski definition) is 4. The van der Waals surface area contributed by atoms with E-state index in [1.54, 1.807) is 24.3 Å². The monoisotopic (exact) mass is 395 g/mol. The van der Waals surface area contributed by atoms with Crippen LogP contribution in [-0.2, 0) is 26.1 Å². The molecule has 0 atom stereocenters. The Labute approximate surface area is 166 Å². The first-order chi connectivity index (χ1) is 13.6. The second kappa shape index (κ2) is 7.55. The number of carbonyl (C=O) groups is 1. The summed E-state index contributed by atoms with van der Waals surface area (Å²) < 4.78 is 3.90. The number of aromatic nitrogens is 4. The van der Waals surface area contributed by atoms with Gasteiger partial charge >= 0.3 is 0 Å². The third-order valence-electron chi connectivity index (χ3n) is 4.94. The maximum Gasteiger partial charge on any atom is 0.262 e. The smallest absolute Gasteiger partial charge is 0.262 e. The Morgan fingerprint density at radius 1 is 1.39 bits per heavy atom. The van der Waals surface area contributed by atoms with Gasteiger partial charge in [0.25, 0.3) is 11.5 Å². The van der Waals surface area contributed by atoms with Crippen LogP contribution in [0, 0.1) is 4.77 Å². The molecular formula is C20H21N5O2S. The van der Waals surface area contributed by atoms with Crippen molar-refractivity contribution in [3.05, 3.63) is 69.3 Å². The molecule has 0 unspecified atom stereocenters. The van der Waals surface area contributed by atoms with Gasteiger partial charge < -0.3 is 14.9 Å². The van der Waals surface area contributed by atoms with Gasteiger partial charge in [-0.05, 0) is 43.3 Å². The molecule has 0 saturated carbocycles. The van der Waals surface area contributed by atoms with E-state index in [9.17, 15) is 9.59 Å². The molecule has 0 saturated heterocycles. The summed E-state index contributed by atoms with van der Waals surface area (Å²) in [4.78, 5) is 32.7. The van der Waals surface area contributed by atoms with E-state index in [4.69, 9.17) is 12.2 Å². The highest BCUT2D eigenvalue weighted by Gasteiger charge is 2.14. The molecule has 0 bridgehead atoms. The second-order valence-corrected chi connectivity index (χ2v) is 7.26. The summed E-state index contributed by atoms with van der Waals surface area (Å²) in [5.74, 6) is 0.868. The molecule has 0 radical (unpaired) electrons. The number of carbonyl (C=O) groups excluding carboxylic acids is 1. The molecule has 2 N–H and O–H groups in total. The van der Waals surface area contributed by atoms with E-state index >= 15 is 0 Å². The van der Waals surface area contributed by atoms with E-state index in [0.717, 1.165) is 30.9 Å². The molecule has 0 spiro atoms. The number of benzene rings is 1. The Morgan fingerprint density at radius 3 is 3.04 bits per heavy atom. The summed E-state index contributed by atoms with van der Waals surface area (Å²) in [6.07, 6.45) is 6.94. The minimum Gasteiger partial charge on any atom is -0.346 e. The zero-order valence-electron chi connectivity index (χ0n) is 15.4. The van der Waals surface area contributed by atoms with Gasteiger partial charge in [0, 0.05) is 31.3 Å². The number of nitrogens with zero attached hydrogens (tertiary/aromatic N) is 3. The Hall–Kier alpha value is -3.00. The quantitative estimate of drug-likeness (QED) is 0.514. The lowest BCUT2D eigenvalue weighted by atomic mass is 10.1. The lowest BCUT2D eigenvalue weighted by molar-refractivity contribution is 0.0950. The summed E-state index contributed by atoms with van der Waals surface area (Å²) in [5, 5.41) is 3.38. The van der Waals surface area contributed by atoms with E-state index in [2.05, 4.69) is 26.4 Å². The van der Waals surface area contributed by atoms with E-state index in [1.807, 2.05) is 6.20 Å². The van der Waals surface area contributed by atoms with Gasteiger partial charge in [-0.2, -0.15) is 0 Å². The maximum absolute atomic E-state index is 12.6. The van der Waals surface area contributed by atoms with Crippen molar-refractivity contribution in [2.45, 2.75) is 38.9 Å². The largest absolute Gasteiger partial charge is 0.346 e. The third kappa shape index (κ3) is 3.43. The van der Waals surface area contributed by atoms with Crippen molar-refractivity contribution in [3.8, 4) is 0 Å². The summed E-state index contributed by atoms with van der Waals surface area (Å²) in [6, 6.07) is 4.94. The van der Waals surface area contributed by atoms with Crippen molar-refractivity contribution >= 4 is 29.0 Å². The van der Waals surface area contributed by atoms with E-state index in [-0.39, 0.29) is 11.5 Å². The van der Waals surface area contributed by atoms with Crippen molar-refractivity contribution in [3.63, 3.8) is 0 Å². The van der Waals surface area contributed by atoms with Gasteiger partial charge in [0.05, 0.1) is 23.1 Å². The summed E-state index contributed by atoms with van der Waals surface area (Å²) >= 11 is 5.25. The number of imidazole rings is 1. The molecule has 28 heavy (non-hydrogen) atoms. The van der Waals surface area contributed by atoms with E-state index < -0.39 is 0 Å². The van der Waals surface area contributed by atoms with Gasteiger partial charge in [0.1, 0.15) is 5.82 Å². The van der Waals surface area contributed by atoms with Crippen LogP contribution in [-0.4, -0.2) is 25.0 Å². The molecular weight excluding hydrogens is 374 g/mol. The number of aromatic amines is 1. The number of nitrogens with one attached hydrogen (secondary N) is 2. The summed E-state index contributed by atoms with van der Waals surface area (Å²) in [5.41, 5.74) is 1.66. The lowest BCUT2D eigenvalue weighted by Gasteiger charge is -2.11. The van der Waals surface area contributed by atoms with Crippen LogP contribution in [0.4, 0.5) is 0 Å². The summed E-state index contributed by atoms with van der Waals surface area (Å²) in [6.45, 7) is 5.34. The average molecular weight is 395 g/mol. The van der Waals surface area contributed by atoms with E-state index in [0.29, 0.717) is 34.3 Å². The van der Waals surface area contributed by atoms with Crippen LogP contribution in [0.25, 0.3) is 10.9 Å². The van der Waals surface area contributed by atoms with Crippen LogP contribution in [0.5, 0.6) is 0 Å². The minimum absolute atomic E-state index is 0.200. The molecule has 1 aliphatic heterocycles. The highest BCUT2D eigenvalue weighted by molar-refractivity contribution is 7.71. The standard InChI is InChI=1S/C20H21N5O2S/c1-2-8-25-19(27)15-7-6-13(10-16(15)23-20(25)28)18(26)21-11-14-12-24-9-4-3-5-17(24)22-14/h2,6-7,10,12H,1,3-5,8-9,11H2,(H,21,26)(H,23,28). The fraction of sp³-hybridized carbons (Fsp3) is 0.300. The Bertz CT molecular complexity index is 1160. The number of hydrogen-bond donors (Lipinski definition) is 2. The molecule has 144 valence electrons. The van der Waals surface area contributed by atoms with Crippen LogP contribution >= 0.6 is 12.2 Å². The molecule has 0 fully saturated rings. The highest BCUT2D eigenvalue weighted by atomic mass is 32.1. The molecule has 2 aromatic heterocycles. The predicted molar refractivity (Wildman–Crippen MR) is 110 cm³/mol. The van der Waals surface area contributed by atoms with E-state index in [1.165, 1.54) is 11.0 Å². The summed E-state index contributed by atoms with van der Waals surface area (Å²) in [7, 11) is 0. The fourth-order valence-electron chi connectivity index (χ4n) is 3.52. The van der Waals surface area contributed by atoms with Crippen molar-refractivity contribution < 1.29 is 4.79 Å². The normalized spacial score (nSPS) is 13.3. The van der Waals surface area contributed by atoms with Crippen molar-refractivity contribution in [1.82, 2.24) is 24.4 Å². The van der Waals surface area contributed by atoms with Gasteiger partial charge in [-0.3, -0.25) is 14.2 Å².